The van der Waals surface area contributed by atoms with E-state index < -0.39 is 17.6 Å². The zero-order valence-electron chi connectivity index (χ0n) is 16.3. The van der Waals surface area contributed by atoms with E-state index in [1.807, 2.05) is 6.07 Å². The van der Waals surface area contributed by atoms with Gasteiger partial charge < -0.3 is 14.5 Å². The highest BCUT2D eigenvalue weighted by Crippen LogP contribution is 2.30. The lowest BCUT2D eigenvalue weighted by molar-refractivity contribution is -0.137. The van der Waals surface area contributed by atoms with Gasteiger partial charge in [0.05, 0.1) is 17.2 Å². The number of amides is 1. The predicted molar refractivity (Wildman–Crippen MR) is 110 cm³/mol. The molecule has 0 saturated heterocycles. The van der Waals surface area contributed by atoms with Crippen LogP contribution < -0.4 is 10.1 Å². The number of nitriles is 1. The number of nitrogens with one attached hydrogen (secondary N) is 1. The molecule has 0 aliphatic carbocycles. The Bertz CT molecular complexity index is 1310. The second-order valence-electron chi connectivity index (χ2n) is 6.75. The van der Waals surface area contributed by atoms with Gasteiger partial charge in [-0.3, -0.25) is 4.79 Å². The summed E-state index contributed by atoms with van der Waals surface area (Å²) >= 11 is 0. The molecule has 0 unspecified atom stereocenters. The van der Waals surface area contributed by atoms with E-state index in [9.17, 15) is 18.0 Å². The molecule has 0 bridgehead atoms. The van der Waals surface area contributed by atoms with Crippen LogP contribution in [-0.4, -0.2) is 17.5 Å². The summed E-state index contributed by atoms with van der Waals surface area (Å²) in [7, 11) is 0. The van der Waals surface area contributed by atoms with Gasteiger partial charge in [0.15, 0.2) is 12.2 Å². The number of carbonyl (C=O) groups excluding carboxylic acids is 1. The fourth-order valence-corrected chi connectivity index (χ4v) is 2.90. The van der Waals surface area contributed by atoms with Crippen LogP contribution in [0.15, 0.2) is 71.1 Å². The van der Waals surface area contributed by atoms with Crippen molar-refractivity contribution in [2.45, 2.75) is 6.18 Å². The number of fused-ring (bicyclic) bond motifs is 1. The first-order valence-electron chi connectivity index (χ1n) is 9.33. The molecule has 1 heterocycles. The molecule has 32 heavy (non-hydrogen) atoms. The maximum atomic E-state index is 12.6. The van der Waals surface area contributed by atoms with Gasteiger partial charge in [0.25, 0.3) is 5.91 Å². The Morgan fingerprint density at radius 1 is 1.06 bits per heavy atom. The lowest BCUT2D eigenvalue weighted by Crippen LogP contribution is -2.20. The van der Waals surface area contributed by atoms with Crippen molar-refractivity contribution in [2.75, 3.05) is 11.9 Å². The zero-order chi connectivity index (χ0) is 22.7. The third-order valence-electron chi connectivity index (χ3n) is 4.48. The van der Waals surface area contributed by atoms with E-state index in [4.69, 9.17) is 14.4 Å². The van der Waals surface area contributed by atoms with Crippen LogP contribution >= 0.6 is 0 Å². The van der Waals surface area contributed by atoms with Crippen LogP contribution in [0.25, 0.3) is 22.6 Å². The summed E-state index contributed by atoms with van der Waals surface area (Å²) in [6.45, 7) is -0.362. The maximum Gasteiger partial charge on any atom is 0.416 e. The Morgan fingerprint density at radius 2 is 1.78 bits per heavy atom. The van der Waals surface area contributed by atoms with Gasteiger partial charge in [0.1, 0.15) is 11.3 Å². The van der Waals surface area contributed by atoms with Crippen molar-refractivity contribution in [2.24, 2.45) is 0 Å². The number of nitrogens with zero attached hydrogens (tertiary/aromatic N) is 2. The molecule has 1 amide bonds. The highest BCUT2D eigenvalue weighted by molar-refractivity contribution is 5.92. The Hall–Kier alpha value is -4.32. The quantitative estimate of drug-likeness (QED) is 0.452. The van der Waals surface area contributed by atoms with Crippen molar-refractivity contribution >= 4 is 22.7 Å². The van der Waals surface area contributed by atoms with Crippen molar-refractivity contribution in [3.63, 3.8) is 0 Å². The van der Waals surface area contributed by atoms with Gasteiger partial charge in [-0.2, -0.15) is 18.4 Å². The minimum absolute atomic E-state index is 0.152. The monoisotopic (exact) mass is 437 g/mol. The van der Waals surface area contributed by atoms with Crippen LogP contribution in [0.1, 0.15) is 11.1 Å². The van der Waals surface area contributed by atoms with E-state index in [0.717, 1.165) is 24.3 Å². The van der Waals surface area contributed by atoms with E-state index in [-0.39, 0.29) is 12.4 Å². The summed E-state index contributed by atoms with van der Waals surface area (Å²) in [5.74, 6) is 0.0566. The molecule has 3 aromatic carbocycles. The number of halogens is 3. The number of hydrogen-bond donors (Lipinski definition) is 1. The van der Waals surface area contributed by atoms with Crippen molar-refractivity contribution in [3.8, 4) is 23.3 Å². The predicted octanol–water partition coefficient (Wildman–Crippen LogP) is 5.40. The molecule has 1 N–H and O–H groups in total. The smallest absolute Gasteiger partial charge is 0.416 e. The molecule has 0 atom stereocenters. The minimum Gasteiger partial charge on any atom is -0.484 e. The molecule has 160 valence electrons. The van der Waals surface area contributed by atoms with E-state index in [1.165, 1.54) is 0 Å². The minimum atomic E-state index is -4.43. The number of hydrogen-bond acceptors (Lipinski definition) is 5. The summed E-state index contributed by atoms with van der Waals surface area (Å²) in [5, 5.41) is 11.6. The van der Waals surface area contributed by atoms with Gasteiger partial charge in [-0.25, -0.2) is 4.98 Å². The molecule has 0 spiro atoms. The van der Waals surface area contributed by atoms with Crippen molar-refractivity contribution < 1.29 is 27.1 Å². The third-order valence-corrected chi connectivity index (χ3v) is 4.48. The largest absolute Gasteiger partial charge is 0.484 e. The average Bonchev–Trinajstić information content (AvgIpc) is 3.21. The number of rotatable bonds is 5. The summed E-state index contributed by atoms with van der Waals surface area (Å²) in [6.07, 6.45) is -4.43. The molecular weight excluding hydrogens is 423 g/mol. The Morgan fingerprint density at radius 3 is 2.44 bits per heavy atom. The van der Waals surface area contributed by atoms with Gasteiger partial charge in [-0.15, -0.1) is 0 Å². The van der Waals surface area contributed by atoms with Crippen LogP contribution in [0, 0.1) is 11.3 Å². The molecule has 0 aliphatic heterocycles. The molecule has 0 saturated carbocycles. The first-order chi connectivity index (χ1) is 15.3. The third kappa shape index (κ3) is 4.70. The van der Waals surface area contributed by atoms with Gasteiger partial charge in [0, 0.05) is 11.3 Å². The summed E-state index contributed by atoms with van der Waals surface area (Å²) in [4.78, 5) is 16.4. The molecule has 0 fully saturated rings. The molecule has 4 rings (SSSR count). The topological polar surface area (TPSA) is 88.2 Å². The second kappa shape index (κ2) is 8.43. The van der Waals surface area contributed by atoms with E-state index >= 15 is 0 Å². The molecular formula is C23H14F3N3O3. The highest BCUT2D eigenvalue weighted by Gasteiger charge is 2.30. The first-order valence-corrected chi connectivity index (χ1v) is 9.33. The van der Waals surface area contributed by atoms with Crippen LogP contribution in [0.3, 0.4) is 0 Å². The molecule has 4 aromatic rings. The summed E-state index contributed by atoms with van der Waals surface area (Å²) < 4.78 is 48.6. The second-order valence-corrected chi connectivity index (χ2v) is 6.75. The molecule has 6 nitrogen and oxygen atoms in total. The number of aromatic nitrogens is 1. The number of ether oxygens (including phenoxy) is 1. The van der Waals surface area contributed by atoms with Crippen LogP contribution in [0.5, 0.6) is 5.75 Å². The number of oxazole rings is 1. The lowest BCUT2D eigenvalue weighted by Gasteiger charge is -2.10. The highest BCUT2D eigenvalue weighted by atomic mass is 19.4. The number of anilines is 1. The molecule has 1 aromatic heterocycles. The van der Waals surface area contributed by atoms with Gasteiger partial charge >= 0.3 is 6.18 Å². The Labute approximate surface area is 179 Å². The maximum absolute atomic E-state index is 12.6. The SMILES string of the molecule is N#Cc1ccc2oc(-c3ccc(NC(=O)COc4ccc(C(F)(F)F)cc4)cc3)nc2c1. The van der Waals surface area contributed by atoms with E-state index in [1.54, 1.807) is 42.5 Å². The molecule has 0 aliphatic rings. The van der Waals surface area contributed by atoms with Crippen molar-refractivity contribution in [1.82, 2.24) is 4.98 Å². The molecule has 9 heteroatoms. The standard InChI is InChI=1S/C23H14F3N3O3/c24-23(25,26)16-4-8-18(9-5-16)31-13-21(30)28-17-6-2-15(3-7-17)22-29-19-11-14(12-27)1-10-20(19)32-22/h1-11H,13H2,(H,28,30). The van der Waals surface area contributed by atoms with Crippen LogP contribution in [0.2, 0.25) is 0 Å². The Kier molecular flexibility index (Phi) is 5.52. The van der Waals surface area contributed by atoms with Crippen molar-refractivity contribution in [1.29, 1.82) is 5.26 Å². The van der Waals surface area contributed by atoms with E-state index in [0.29, 0.717) is 33.8 Å². The fraction of sp³-hybridized carbons (Fsp3) is 0.0870. The van der Waals surface area contributed by atoms with Crippen LogP contribution in [0.4, 0.5) is 18.9 Å². The lowest BCUT2D eigenvalue weighted by atomic mass is 10.2. The normalized spacial score (nSPS) is 11.2. The zero-order valence-corrected chi connectivity index (χ0v) is 16.3. The van der Waals surface area contributed by atoms with Gasteiger partial charge in [-0.1, -0.05) is 0 Å². The molecule has 0 radical (unpaired) electrons. The van der Waals surface area contributed by atoms with Crippen molar-refractivity contribution in [3.05, 3.63) is 77.9 Å². The van der Waals surface area contributed by atoms with Crippen LogP contribution in [-0.2, 0) is 11.0 Å². The summed E-state index contributed by atoms with van der Waals surface area (Å²) in [5.41, 5.74) is 1.98. The first kappa shape index (κ1) is 20.9. The van der Waals surface area contributed by atoms with Gasteiger partial charge in [-0.05, 0) is 66.7 Å². The number of carbonyl (C=O) groups is 1. The van der Waals surface area contributed by atoms with E-state index in [2.05, 4.69) is 10.3 Å². The van der Waals surface area contributed by atoms with Gasteiger partial charge in [0.2, 0.25) is 5.89 Å². The average molecular weight is 437 g/mol. The Balaban J connectivity index is 1.36. The summed E-state index contributed by atoms with van der Waals surface area (Å²) in [6, 6.07) is 17.8. The number of alkyl halides is 3. The fourth-order valence-electron chi connectivity index (χ4n) is 2.90. The number of benzene rings is 3.